The lowest BCUT2D eigenvalue weighted by Crippen LogP contribution is -2.01. The van der Waals surface area contributed by atoms with E-state index in [0.717, 1.165) is 0 Å². The number of amides is 1. The average Bonchev–Trinajstić information content (AvgIpc) is 2.41. The Hall–Kier alpha value is -2.20. The van der Waals surface area contributed by atoms with E-state index < -0.39 is 5.91 Å². The number of halogens is 2. The molecule has 0 aromatic heterocycles. The second-order valence-electron chi connectivity index (χ2n) is 3.75. The second kappa shape index (κ2) is 6.30. The van der Waals surface area contributed by atoms with E-state index in [9.17, 15) is 4.79 Å². The molecule has 0 heterocycles. The molecule has 7 heteroatoms. The number of benzene rings is 2. The summed E-state index contributed by atoms with van der Waals surface area (Å²) in [6, 6.07) is 11.5. The van der Waals surface area contributed by atoms with Gasteiger partial charge < -0.3 is 5.73 Å². The molecule has 2 aromatic carbocycles. The molecule has 0 spiro atoms. The van der Waals surface area contributed by atoms with E-state index in [2.05, 4.69) is 15.1 Å². The molecule has 5 nitrogen and oxygen atoms in total. The van der Waals surface area contributed by atoms with Crippen LogP contribution in [0, 0.1) is 0 Å². The summed E-state index contributed by atoms with van der Waals surface area (Å²) in [5.74, 6) is -0.663. The van der Waals surface area contributed by atoms with Gasteiger partial charge in [0.1, 0.15) is 0 Å². The maximum atomic E-state index is 11.8. The zero-order chi connectivity index (χ0) is 14.5. The highest BCUT2D eigenvalue weighted by Gasteiger charge is 2.17. The quantitative estimate of drug-likeness (QED) is 0.516. The lowest BCUT2D eigenvalue weighted by molar-refractivity contribution is 0.0993. The third-order valence-corrected chi connectivity index (χ3v) is 3.03. The molecule has 0 atom stereocenters. The third kappa shape index (κ3) is 3.22. The Kier molecular flexibility index (Phi) is 4.48. The highest BCUT2D eigenvalue weighted by Crippen LogP contribution is 2.23. The summed E-state index contributed by atoms with van der Waals surface area (Å²) in [7, 11) is 0. The predicted octanol–water partition coefficient (Wildman–Crippen LogP) is 4.02. The monoisotopic (exact) mass is 307 g/mol. The molecule has 1 amide bonds. The Morgan fingerprint density at radius 1 is 1.05 bits per heavy atom. The minimum Gasteiger partial charge on any atom is -0.398 e. The fraction of sp³-hybridized carbons (Fsp3) is 0. The Labute approximate surface area is 124 Å². The fourth-order valence-electron chi connectivity index (χ4n) is 1.46. The number of nitrogens with two attached hydrogens (primary N) is 1. The Morgan fingerprint density at radius 2 is 1.75 bits per heavy atom. The van der Waals surface area contributed by atoms with Crippen molar-refractivity contribution >= 4 is 40.5 Å². The molecule has 0 fully saturated rings. The van der Waals surface area contributed by atoms with Crippen LogP contribution in [0.1, 0.15) is 10.4 Å². The van der Waals surface area contributed by atoms with Crippen molar-refractivity contribution in [1.82, 2.24) is 4.91 Å². The molecule has 0 unspecified atom stereocenters. The number of rotatable bonds is 2. The van der Waals surface area contributed by atoms with Crippen molar-refractivity contribution < 1.29 is 4.79 Å². The lowest BCUT2D eigenvalue weighted by atomic mass is 10.2. The van der Waals surface area contributed by atoms with E-state index in [1.807, 2.05) is 0 Å². The zero-order valence-electron chi connectivity index (χ0n) is 10.1. The van der Waals surface area contributed by atoms with E-state index in [1.165, 1.54) is 0 Å². The Balaban J connectivity index is 2.28. The van der Waals surface area contributed by atoms with Crippen LogP contribution in [-0.4, -0.2) is 5.91 Å². The van der Waals surface area contributed by atoms with Gasteiger partial charge in [0.2, 0.25) is 10.0 Å². The molecule has 100 valence electrons. The summed E-state index contributed by atoms with van der Waals surface area (Å²) in [6.07, 6.45) is 0. The summed E-state index contributed by atoms with van der Waals surface area (Å²) < 4.78 is 0. The van der Waals surface area contributed by atoms with Crippen molar-refractivity contribution in [3.8, 4) is 0 Å². The number of anilines is 1. The summed E-state index contributed by atoms with van der Waals surface area (Å²) in [5, 5.41) is 7.83. The molecule has 2 aromatic rings. The number of nitrogens with zero attached hydrogens (tertiary/aromatic N) is 3. The van der Waals surface area contributed by atoms with Gasteiger partial charge in [-0.1, -0.05) is 41.4 Å². The van der Waals surface area contributed by atoms with Gasteiger partial charge in [-0.3, -0.25) is 4.79 Å². The van der Waals surface area contributed by atoms with Crippen molar-refractivity contribution in [3.63, 3.8) is 0 Å². The van der Waals surface area contributed by atoms with Crippen LogP contribution in [0.4, 0.5) is 11.4 Å². The van der Waals surface area contributed by atoms with Crippen molar-refractivity contribution in [3.05, 3.63) is 58.1 Å². The minimum absolute atomic E-state index is 0.104. The topological polar surface area (TPSA) is 81.9 Å². The van der Waals surface area contributed by atoms with Crippen molar-refractivity contribution in [2.45, 2.75) is 0 Å². The maximum absolute atomic E-state index is 11.8. The largest absolute Gasteiger partial charge is 0.398 e. The van der Waals surface area contributed by atoms with Gasteiger partial charge in [0, 0.05) is 5.69 Å². The fourth-order valence-corrected chi connectivity index (χ4v) is 1.90. The van der Waals surface area contributed by atoms with Gasteiger partial charge in [-0.05, 0) is 24.3 Å². The van der Waals surface area contributed by atoms with Crippen LogP contribution in [0.3, 0.4) is 0 Å². The Morgan fingerprint density at radius 3 is 2.45 bits per heavy atom. The molecule has 0 aliphatic rings. The second-order valence-corrected chi connectivity index (χ2v) is 4.56. The first-order chi connectivity index (χ1) is 9.59. The predicted molar refractivity (Wildman–Crippen MR) is 78.3 cm³/mol. The number of carbonyl (C=O) groups is 1. The maximum Gasteiger partial charge on any atom is 0.364 e. The smallest absolute Gasteiger partial charge is 0.364 e. The molecule has 20 heavy (non-hydrogen) atoms. The first kappa shape index (κ1) is 14.2. The Bertz CT molecular complexity index is 704. The van der Waals surface area contributed by atoms with Crippen LogP contribution in [0.15, 0.2) is 52.7 Å². The summed E-state index contributed by atoms with van der Waals surface area (Å²) >= 11 is 11.8. The number of hydrogen-bond donors (Lipinski definition) is 1. The summed E-state index contributed by atoms with van der Waals surface area (Å²) in [4.78, 5) is 15.3. The number of hydrogen-bond acceptors (Lipinski definition) is 3. The highest BCUT2D eigenvalue weighted by molar-refractivity contribution is 6.34. The van der Waals surface area contributed by atoms with E-state index in [4.69, 9.17) is 28.9 Å². The SMILES string of the molecule is Nc1cccc(Cl)c1C(=O)N=[N+]=Nc1ccccc1Cl. The van der Waals surface area contributed by atoms with Crippen molar-refractivity contribution in [1.29, 1.82) is 0 Å². The van der Waals surface area contributed by atoms with E-state index in [0.29, 0.717) is 10.7 Å². The summed E-state index contributed by atoms with van der Waals surface area (Å²) in [6.45, 7) is 0. The first-order valence-electron chi connectivity index (χ1n) is 5.54. The zero-order valence-corrected chi connectivity index (χ0v) is 11.6. The van der Waals surface area contributed by atoms with Crippen LogP contribution in [0.25, 0.3) is 0 Å². The summed E-state index contributed by atoms with van der Waals surface area (Å²) in [5.41, 5.74) is 6.42. The van der Waals surface area contributed by atoms with Gasteiger partial charge in [-0.2, -0.15) is 0 Å². The highest BCUT2D eigenvalue weighted by atomic mass is 35.5. The van der Waals surface area contributed by atoms with Gasteiger partial charge in [-0.15, -0.1) is 0 Å². The van der Waals surface area contributed by atoms with Gasteiger partial charge in [0.05, 0.1) is 15.6 Å². The molecule has 0 bridgehead atoms. The van der Waals surface area contributed by atoms with E-state index in [-0.39, 0.29) is 16.3 Å². The molecule has 0 saturated carbocycles. The van der Waals surface area contributed by atoms with E-state index in [1.54, 1.807) is 42.5 Å². The van der Waals surface area contributed by atoms with Crippen molar-refractivity contribution in [2.24, 2.45) is 10.2 Å². The van der Waals surface area contributed by atoms with Gasteiger partial charge >= 0.3 is 5.91 Å². The van der Waals surface area contributed by atoms with Crippen molar-refractivity contribution in [2.75, 3.05) is 5.73 Å². The molecule has 0 aliphatic heterocycles. The van der Waals surface area contributed by atoms with Crippen LogP contribution in [0.2, 0.25) is 10.0 Å². The standard InChI is InChI=1S/C13H8Cl2N4O/c14-8-4-1-2-7-11(8)17-19-18-13(20)12-9(15)5-3-6-10(12)16/h1-7H,(H-,16,20)/p+1. The molecule has 0 radical (unpaired) electrons. The van der Waals surface area contributed by atoms with Gasteiger partial charge in [-0.25, -0.2) is 0 Å². The molecular formula is C13H9Cl2N4O+. The lowest BCUT2D eigenvalue weighted by Gasteiger charge is -1.99. The molecule has 0 saturated heterocycles. The van der Waals surface area contributed by atoms with Crippen LogP contribution in [0.5, 0.6) is 0 Å². The van der Waals surface area contributed by atoms with Gasteiger partial charge in [0.15, 0.2) is 10.8 Å². The average molecular weight is 308 g/mol. The molecule has 2 N–H and O–H groups in total. The van der Waals surface area contributed by atoms with Crippen LogP contribution < -0.4 is 10.6 Å². The normalized spacial score (nSPS) is 9.70. The minimum atomic E-state index is -0.663. The van der Waals surface area contributed by atoms with Crippen LogP contribution >= 0.6 is 23.2 Å². The van der Waals surface area contributed by atoms with Crippen LogP contribution in [-0.2, 0) is 0 Å². The molecular weight excluding hydrogens is 299 g/mol. The first-order valence-corrected chi connectivity index (χ1v) is 6.30. The number of carbonyl (C=O) groups excluding carboxylic acids is 1. The number of nitrogen functional groups attached to an aromatic ring is 1. The third-order valence-electron chi connectivity index (χ3n) is 2.40. The van der Waals surface area contributed by atoms with Gasteiger partial charge in [0.25, 0.3) is 0 Å². The van der Waals surface area contributed by atoms with E-state index >= 15 is 0 Å². The molecule has 0 aliphatic carbocycles. The molecule has 2 rings (SSSR count).